The maximum absolute atomic E-state index is 12.3. The summed E-state index contributed by atoms with van der Waals surface area (Å²) >= 11 is 6.02. The van der Waals surface area contributed by atoms with Gasteiger partial charge >= 0.3 is 0 Å². The Balaban J connectivity index is 1.52. The van der Waals surface area contributed by atoms with E-state index in [2.05, 4.69) is 16.2 Å². The zero-order valence-electron chi connectivity index (χ0n) is 16.7. The summed E-state index contributed by atoms with van der Waals surface area (Å²) in [7, 11) is 0. The van der Waals surface area contributed by atoms with Gasteiger partial charge < -0.3 is 5.32 Å². The topological polar surface area (TPSA) is 87.3 Å². The molecule has 0 aromatic heterocycles. The van der Waals surface area contributed by atoms with Crippen LogP contribution in [0.5, 0.6) is 0 Å². The van der Waals surface area contributed by atoms with Crippen LogP contribution in [-0.2, 0) is 4.79 Å². The number of aryl methyl sites for hydroxylation is 1. The van der Waals surface area contributed by atoms with Gasteiger partial charge in [-0.05, 0) is 61.0 Å². The van der Waals surface area contributed by atoms with E-state index in [-0.39, 0.29) is 5.91 Å². The number of carbonyl (C=O) groups excluding carboxylic acids is 3. The largest absolute Gasteiger partial charge is 0.322 e. The number of hydrogen-bond donors (Lipinski definition) is 3. The molecule has 0 fully saturated rings. The Bertz CT molecular complexity index is 1140. The molecule has 3 aromatic carbocycles. The smallest absolute Gasteiger partial charge is 0.269 e. The van der Waals surface area contributed by atoms with Gasteiger partial charge in [0.05, 0.1) is 0 Å². The molecule has 0 unspecified atom stereocenters. The van der Waals surface area contributed by atoms with E-state index in [1.165, 1.54) is 6.08 Å². The minimum Gasteiger partial charge on any atom is -0.322 e. The Morgan fingerprint density at radius 1 is 0.806 bits per heavy atom. The molecule has 3 rings (SSSR count). The minimum absolute atomic E-state index is 0.238. The third-order valence-corrected chi connectivity index (χ3v) is 4.65. The summed E-state index contributed by atoms with van der Waals surface area (Å²) in [6.07, 6.45) is 2.82. The molecule has 7 heteroatoms. The monoisotopic (exact) mass is 433 g/mol. The minimum atomic E-state index is -0.504. The molecule has 0 aliphatic carbocycles. The van der Waals surface area contributed by atoms with Gasteiger partial charge in [-0.15, -0.1) is 0 Å². The summed E-state index contributed by atoms with van der Waals surface area (Å²) in [5.74, 6) is -1.23. The lowest BCUT2D eigenvalue weighted by atomic mass is 10.1. The first kappa shape index (κ1) is 21.8. The van der Waals surface area contributed by atoms with E-state index in [1.54, 1.807) is 66.7 Å². The highest BCUT2D eigenvalue weighted by molar-refractivity contribution is 6.32. The Labute approximate surface area is 184 Å². The van der Waals surface area contributed by atoms with Crippen molar-refractivity contribution in [3.63, 3.8) is 0 Å². The molecule has 0 bridgehead atoms. The standard InChI is InChI=1S/C24H20ClN3O3/c1-16-5-4-7-19(15-16)23(30)26-20-12-9-18(10-13-20)24(31)28-27-22(29)14-11-17-6-2-3-8-21(17)25/h2-15H,1H3,(H,26,30)(H,27,29)(H,28,31)/b14-11+. The Hall–Kier alpha value is -3.90. The number of hydrazine groups is 1. The fourth-order valence-electron chi connectivity index (χ4n) is 2.70. The zero-order valence-corrected chi connectivity index (χ0v) is 17.4. The summed E-state index contributed by atoms with van der Waals surface area (Å²) < 4.78 is 0. The molecule has 0 heterocycles. The summed E-state index contributed by atoms with van der Waals surface area (Å²) in [5, 5.41) is 3.30. The molecular weight excluding hydrogens is 414 g/mol. The van der Waals surface area contributed by atoms with E-state index in [0.29, 0.717) is 27.4 Å². The van der Waals surface area contributed by atoms with Crippen LogP contribution in [0.15, 0.2) is 78.9 Å². The third-order valence-electron chi connectivity index (χ3n) is 4.30. The lowest BCUT2D eigenvalue weighted by Crippen LogP contribution is -2.40. The van der Waals surface area contributed by atoms with Gasteiger partial charge in [-0.3, -0.25) is 25.2 Å². The second-order valence-electron chi connectivity index (χ2n) is 6.70. The SMILES string of the molecule is Cc1cccc(C(=O)Nc2ccc(C(=O)NNC(=O)/C=C/c3ccccc3Cl)cc2)c1. The number of nitrogens with one attached hydrogen (secondary N) is 3. The van der Waals surface area contributed by atoms with Crippen LogP contribution in [0.3, 0.4) is 0 Å². The van der Waals surface area contributed by atoms with Gasteiger partial charge in [0.1, 0.15) is 0 Å². The van der Waals surface area contributed by atoms with Crippen molar-refractivity contribution >= 4 is 41.1 Å². The molecule has 3 amide bonds. The van der Waals surface area contributed by atoms with Crippen LogP contribution in [0.2, 0.25) is 5.02 Å². The number of amides is 3. The fraction of sp³-hybridized carbons (Fsp3) is 0.0417. The van der Waals surface area contributed by atoms with E-state index >= 15 is 0 Å². The molecule has 3 N–H and O–H groups in total. The molecule has 0 saturated heterocycles. The van der Waals surface area contributed by atoms with Gasteiger partial charge in [0, 0.05) is 27.9 Å². The number of rotatable bonds is 5. The van der Waals surface area contributed by atoms with E-state index in [1.807, 2.05) is 19.1 Å². The predicted octanol–water partition coefficient (Wildman–Crippen LogP) is 4.38. The molecule has 6 nitrogen and oxygen atoms in total. The van der Waals surface area contributed by atoms with Crippen molar-refractivity contribution in [3.8, 4) is 0 Å². The van der Waals surface area contributed by atoms with Crippen molar-refractivity contribution in [1.82, 2.24) is 10.9 Å². The van der Waals surface area contributed by atoms with E-state index in [4.69, 9.17) is 11.6 Å². The van der Waals surface area contributed by atoms with Gasteiger partial charge in [0.25, 0.3) is 17.7 Å². The lowest BCUT2D eigenvalue weighted by Gasteiger charge is -2.08. The van der Waals surface area contributed by atoms with Crippen molar-refractivity contribution in [3.05, 3.63) is 106 Å². The highest BCUT2D eigenvalue weighted by Crippen LogP contribution is 2.16. The average molecular weight is 434 g/mol. The first-order chi connectivity index (χ1) is 14.9. The number of hydrogen-bond acceptors (Lipinski definition) is 3. The molecule has 0 radical (unpaired) electrons. The van der Waals surface area contributed by atoms with Crippen LogP contribution in [0, 0.1) is 6.92 Å². The molecule has 31 heavy (non-hydrogen) atoms. The van der Waals surface area contributed by atoms with Crippen LogP contribution in [0.25, 0.3) is 6.08 Å². The van der Waals surface area contributed by atoms with Gasteiger partial charge in [-0.1, -0.05) is 47.5 Å². The summed E-state index contributed by atoms with van der Waals surface area (Å²) in [6.45, 7) is 1.91. The summed E-state index contributed by atoms with van der Waals surface area (Å²) in [6, 6.07) is 20.6. The van der Waals surface area contributed by atoms with Crippen molar-refractivity contribution in [2.45, 2.75) is 6.92 Å². The van der Waals surface area contributed by atoms with Crippen LogP contribution >= 0.6 is 11.6 Å². The quantitative estimate of drug-likeness (QED) is 0.412. The van der Waals surface area contributed by atoms with Crippen LogP contribution in [0.4, 0.5) is 5.69 Å². The Morgan fingerprint density at radius 2 is 1.55 bits per heavy atom. The molecule has 0 spiro atoms. The van der Waals surface area contributed by atoms with Crippen LogP contribution < -0.4 is 16.2 Å². The summed E-state index contributed by atoms with van der Waals surface area (Å²) in [5.41, 5.74) is 7.74. The lowest BCUT2D eigenvalue weighted by molar-refractivity contribution is -0.117. The molecule has 156 valence electrons. The number of benzene rings is 3. The Kier molecular flexibility index (Phi) is 7.19. The van der Waals surface area contributed by atoms with Crippen molar-refractivity contribution in [2.24, 2.45) is 0 Å². The Morgan fingerprint density at radius 3 is 2.26 bits per heavy atom. The van der Waals surface area contributed by atoms with Crippen molar-refractivity contribution in [2.75, 3.05) is 5.32 Å². The predicted molar refractivity (Wildman–Crippen MR) is 122 cm³/mol. The average Bonchev–Trinajstić information content (AvgIpc) is 2.77. The highest BCUT2D eigenvalue weighted by atomic mass is 35.5. The van der Waals surface area contributed by atoms with Crippen molar-refractivity contribution < 1.29 is 14.4 Å². The normalized spacial score (nSPS) is 10.5. The highest BCUT2D eigenvalue weighted by Gasteiger charge is 2.09. The van der Waals surface area contributed by atoms with Gasteiger partial charge in [-0.25, -0.2) is 0 Å². The number of carbonyl (C=O) groups is 3. The van der Waals surface area contributed by atoms with Gasteiger partial charge in [-0.2, -0.15) is 0 Å². The van der Waals surface area contributed by atoms with Gasteiger partial charge in [0.15, 0.2) is 0 Å². The van der Waals surface area contributed by atoms with E-state index in [9.17, 15) is 14.4 Å². The van der Waals surface area contributed by atoms with Crippen molar-refractivity contribution in [1.29, 1.82) is 0 Å². The third kappa shape index (κ3) is 6.29. The maximum atomic E-state index is 12.3. The summed E-state index contributed by atoms with van der Waals surface area (Å²) in [4.78, 5) is 36.4. The second kappa shape index (κ2) is 10.2. The molecular formula is C24H20ClN3O3. The van der Waals surface area contributed by atoms with E-state index < -0.39 is 11.8 Å². The molecule has 0 saturated carbocycles. The second-order valence-corrected chi connectivity index (χ2v) is 7.11. The first-order valence-corrected chi connectivity index (χ1v) is 9.81. The fourth-order valence-corrected chi connectivity index (χ4v) is 2.90. The van der Waals surface area contributed by atoms with Crippen LogP contribution in [-0.4, -0.2) is 17.7 Å². The van der Waals surface area contributed by atoms with E-state index in [0.717, 1.165) is 5.56 Å². The van der Waals surface area contributed by atoms with Gasteiger partial charge in [0.2, 0.25) is 0 Å². The number of halogens is 1. The first-order valence-electron chi connectivity index (χ1n) is 9.43. The number of anilines is 1. The molecule has 0 aliphatic heterocycles. The maximum Gasteiger partial charge on any atom is 0.269 e. The molecule has 0 atom stereocenters. The zero-order chi connectivity index (χ0) is 22.2. The molecule has 0 aliphatic rings. The van der Waals surface area contributed by atoms with Crippen LogP contribution in [0.1, 0.15) is 31.8 Å². The molecule has 3 aromatic rings.